The SMILES string of the molecule is [CH2]N1CCOCC1c1nccc2ccccc12. The van der Waals surface area contributed by atoms with Crippen LogP contribution in [0.25, 0.3) is 10.8 Å². The monoisotopic (exact) mass is 227 g/mol. The molecule has 17 heavy (non-hydrogen) atoms. The zero-order valence-corrected chi connectivity index (χ0v) is 9.67. The molecule has 3 rings (SSSR count). The van der Waals surface area contributed by atoms with Crippen LogP contribution in [0.1, 0.15) is 11.7 Å². The van der Waals surface area contributed by atoms with Gasteiger partial charge in [-0.3, -0.25) is 9.88 Å². The van der Waals surface area contributed by atoms with E-state index in [1.807, 2.05) is 24.4 Å². The first-order valence-corrected chi connectivity index (χ1v) is 5.85. The Morgan fingerprint density at radius 1 is 1.29 bits per heavy atom. The lowest BCUT2D eigenvalue weighted by Gasteiger charge is -2.32. The number of morpholine rings is 1. The Balaban J connectivity index is 2.10. The minimum absolute atomic E-state index is 0.162. The Labute approximate surface area is 101 Å². The maximum atomic E-state index is 5.53. The number of pyridine rings is 1. The molecule has 87 valence electrons. The largest absolute Gasteiger partial charge is 0.378 e. The summed E-state index contributed by atoms with van der Waals surface area (Å²) in [5, 5.41) is 2.41. The van der Waals surface area contributed by atoms with Crippen LogP contribution in [0.15, 0.2) is 36.5 Å². The molecule has 0 spiro atoms. The number of benzene rings is 1. The number of hydrogen-bond acceptors (Lipinski definition) is 3. The van der Waals surface area contributed by atoms with Gasteiger partial charge >= 0.3 is 0 Å². The third-order valence-electron chi connectivity index (χ3n) is 3.26. The van der Waals surface area contributed by atoms with E-state index in [1.54, 1.807) is 0 Å². The fourth-order valence-electron chi connectivity index (χ4n) is 2.30. The molecule has 3 nitrogen and oxygen atoms in total. The van der Waals surface area contributed by atoms with E-state index in [9.17, 15) is 0 Å². The van der Waals surface area contributed by atoms with Crippen molar-refractivity contribution in [3.63, 3.8) is 0 Å². The van der Waals surface area contributed by atoms with Crippen molar-refractivity contribution in [2.24, 2.45) is 0 Å². The molecule has 0 N–H and O–H groups in total. The molecule has 3 heteroatoms. The highest BCUT2D eigenvalue weighted by atomic mass is 16.5. The van der Waals surface area contributed by atoms with Crippen LogP contribution in [0.2, 0.25) is 0 Å². The highest BCUT2D eigenvalue weighted by Crippen LogP contribution is 2.27. The zero-order valence-electron chi connectivity index (χ0n) is 9.67. The maximum Gasteiger partial charge on any atom is 0.0765 e. The number of hydrogen-bond donors (Lipinski definition) is 0. The molecule has 0 aliphatic carbocycles. The minimum Gasteiger partial charge on any atom is -0.378 e. The summed E-state index contributed by atoms with van der Waals surface area (Å²) in [4.78, 5) is 6.59. The van der Waals surface area contributed by atoms with E-state index in [-0.39, 0.29) is 6.04 Å². The fraction of sp³-hybridized carbons (Fsp3) is 0.286. The molecule has 2 heterocycles. The van der Waals surface area contributed by atoms with Gasteiger partial charge < -0.3 is 4.74 Å². The molecule has 2 aromatic rings. The Hall–Kier alpha value is -1.45. The standard InChI is InChI=1S/C14H15N2O/c1-16-8-9-17-10-13(16)14-12-5-3-2-4-11(12)6-7-15-14/h2-7,13H,1,8-10H2. The summed E-state index contributed by atoms with van der Waals surface area (Å²) in [6.45, 7) is 2.28. The van der Waals surface area contributed by atoms with Crippen LogP contribution in [0.5, 0.6) is 0 Å². The van der Waals surface area contributed by atoms with Crippen molar-refractivity contribution in [2.45, 2.75) is 6.04 Å². The van der Waals surface area contributed by atoms with Gasteiger partial charge in [0, 0.05) is 25.2 Å². The van der Waals surface area contributed by atoms with E-state index in [4.69, 9.17) is 4.74 Å². The van der Waals surface area contributed by atoms with Gasteiger partial charge in [0.05, 0.1) is 24.9 Å². The molecule has 0 bridgehead atoms. The van der Waals surface area contributed by atoms with Crippen LogP contribution >= 0.6 is 0 Å². The van der Waals surface area contributed by atoms with Gasteiger partial charge in [-0.1, -0.05) is 24.3 Å². The van der Waals surface area contributed by atoms with Crippen LogP contribution < -0.4 is 0 Å². The summed E-state index contributed by atoms with van der Waals surface area (Å²) >= 11 is 0. The normalized spacial score (nSPS) is 21.8. The van der Waals surface area contributed by atoms with E-state index in [1.165, 1.54) is 10.8 Å². The predicted molar refractivity (Wildman–Crippen MR) is 67.4 cm³/mol. The van der Waals surface area contributed by atoms with E-state index in [2.05, 4.69) is 29.1 Å². The Morgan fingerprint density at radius 2 is 2.18 bits per heavy atom. The number of nitrogens with zero attached hydrogens (tertiary/aromatic N) is 2. The first-order valence-electron chi connectivity index (χ1n) is 5.85. The van der Waals surface area contributed by atoms with E-state index >= 15 is 0 Å². The van der Waals surface area contributed by atoms with Crippen molar-refractivity contribution in [1.29, 1.82) is 0 Å². The molecule has 1 atom stereocenters. The second-order valence-corrected chi connectivity index (χ2v) is 4.32. The number of fused-ring (bicyclic) bond motifs is 1. The Kier molecular flexibility index (Phi) is 2.79. The Morgan fingerprint density at radius 3 is 3.06 bits per heavy atom. The lowest BCUT2D eigenvalue weighted by molar-refractivity contribution is 0.0130. The topological polar surface area (TPSA) is 25.4 Å². The first-order chi connectivity index (χ1) is 8.36. The summed E-state index contributed by atoms with van der Waals surface area (Å²) in [7, 11) is 4.08. The quantitative estimate of drug-likeness (QED) is 0.748. The number of ether oxygens (including phenoxy) is 1. The second kappa shape index (κ2) is 4.43. The summed E-state index contributed by atoms with van der Waals surface area (Å²) in [6.07, 6.45) is 1.86. The summed E-state index contributed by atoms with van der Waals surface area (Å²) in [5.41, 5.74) is 1.07. The number of aromatic nitrogens is 1. The van der Waals surface area contributed by atoms with Gasteiger partial charge in [0.1, 0.15) is 0 Å². The molecular weight excluding hydrogens is 212 g/mol. The van der Waals surface area contributed by atoms with Crippen LogP contribution in [0.4, 0.5) is 0 Å². The molecule has 1 fully saturated rings. The molecule has 1 radical (unpaired) electrons. The molecule has 1 aromatic carbocycles. The average Bonchev–Trinajstić information content (AvgIpc) is 2.39. The van der Waals surface area contributed by atoms with Gasteiger partial charge in [-0.15, -0.1) is 0 Å². The Bertz CT molecular complexity index is 521. The summed E-state index contributed by atoms with van der Waals surface area (Å²) in [6, 6.07) is 10.5. The third kappa shape index (κ3) is 1.92. The maximum absolute atomic E-state index is 5.53. The van der Waals surface area contributed by atoms with Crippen molar-refractivity contribution in [2.75, 3.05) is 19.8 Å². The van der Waals surface area contributed by atoms with Gasteiger partial charge in [-0.05, 0) is 11.5 Å². The third-order valence-corrected chi connectivity index (χ3v) is 3.26. The van der Waals surface area contributed by atoms with E-state index in [0.29, 0.717) is 6.61 Å². The molecule has 1 aliphatic heterocycles. The van der Waals surface area contributed by atoms with Gasteiger partial charge in [-0.2, -0.15) is 0 Å². The summed E-state index contributed by atoms with van der Waals surface area (Å²) in [5.74, 6) is 0. The lowest BCUT2D eigenvalue weighted by atomic mass is 10.0. The van der Waals surface area contributed by atoms with Crippen LogP contribution in [-0.4, -0.2) is 29.6 Å². The molecule has 1 aromatic heterocycles. The van der Waals surface area contributed by atoms with Gasteiger partial charge in [-0.25, -0.2) is 0 Å². The van der Waals surface area contributed by atoms with Crippen LogP contribution in [-0.2, 0) is 4.74 Å². The molecule has 0 saturated carbocycles. The van der Waals surface area contributed by atoms with Crippen molar-refractivity contribution in [3.8, 4) is 0 Å². The van der Waals surface area contributed by atoms with Gasteiger partial charge in [0.2, 0.25) is 0 Å². The molecule has 0 amide bonds. The highest BCUT2D eigenvalue weighted by Gasteiger charge is 2.23. The van der Waals surface area contributed by atoms with Crippen molar-refractivity contribution in [3.05, 3.63) is 49.3 Å². The lowest BCUT2D eigenvalue weighted by Crippen LogP contribution is -2.35. The van der Waals surface area contributed by atoms with Crippen molar-refractivity contribution >= 4 is 10.8 Å². The van der Waals surface area contributed by atoms with Crippen LogP contribution in [0.3, 0.4) is 0 Å². The van der Waals surface area contributed by atoms with E-state index in [0.717, 1.165) is 18.8 Å². The molecule has 1 unspecified atom stereocenters. The predicted octanol–water partition coefficient (Wildman–Crippen LogP) is 2.40. The number of rotatable bonds is 1. The highest BCUT2D eigenvalue weighted by molar-refractivity contribution is 5.84. The molecule has 1 saturated heterocycles. The molecule has 1 aliphatic rings. The zero-order chi connectivity index (χ0) is 11.7. The second-order valence-electron chi connectivity index (χ2n) is 4.32. The van der Waals surface area contributed by atoms with Crippen molar-refractivity contribution < 1.29 is 4.74 Å². The fourth-order valence-corrected chi connectivity index (χ4v) is 2.30. The average molecular weight is 227 g/mol. The summed E-state index contributed by atoms with van der Waals surface area (Å²) < 4.78 is 5.53. The van der Waals surface area contributed by atoms with Crippen LogP contribution in [0, 0.1) is 7.05 Å². The van der Waals surface area contributed by atoms with Gasteiger partial charge in [0.25, 0.3) is 0 Å². The van der Waals surface area contributed by atoms with E-state index < -0.39 is 0 Å². The first kappa shape index (κ1) is 10.7. The van der Waals surface area contributed by atoms with Crippen molar-refractivity contribution in [1.82, 2.24) is 9.88 Å². The molecular formula is C14H15N2O. The van der Waals surface area contributed by atoms with Gasteiger partial charge in [0.15, 0.2) is 0 Å². The smallest absolute Gasteiger partial charge is 0.0765 e. The minimum atomic E-state index is 0.162.